The maximum absolute atomic E-state index is 12.8. The SMILES string of the molecule is Cc1ccc(CN2C(=O)CCC2C(=O)N2CCC(N)CC2)cc1.Cl. The Morgan fingerprint density at radius 1 is 1.17 bits per heavy atom. The summed E-state index contributed by atoms with van der Waals surface area (Å²) in [7, 11) is 0. The molecule has 6 heteroatoms. The Bertz CT molecular complexity index is 582. The van der Waals surface area contributed by atoms with Crippen LogP contribution in [0.5, 0.6) is 0 Å². The summed E-state index contributed by atoms with van der Waals surface area (Å²) in [6.07, 6.45) is 2.80. The number of hydrogen-bond donors (Lipinski definition) is 1. The molecule has 2 fully saturated rings. The van der Waals surface area contributed by atoms with Crippen molar-refractivity contribution in [1.29, 1.82) is 0 Å². The summed E-state index contributed by atoms with van der Waals surface area (Å²) in [4.78, 5) is 28.7. The average molecular weight is 352 g/mol. The highest BCUT2D eigenvalue weighted by atomic mass is 35.5. The number of amides is 2. The lowest BCUT2D eigenvalue weighted by Gasteiger charge is -2.34. The maximum Gasteiger partial charge on any atom is 0.245 e. The van der Waals surface area contributed by atoms with E-state index in [1.165, 1.54) is 5.56 Å². The predicted molar refractivity (Wildman–Crippen MR) is 95.8 cm³/mol. The summed E-state index contributed by atoms with van der Waals surface area (Å²) in [5.41, 5.74) is 8.18. The van der Waals surface area contributed by atoms with Gasteiger partial charge in [0.25, 0.3) is 0 Å². The first-order chi connectivity index (χ1) is 11.0. The van der Waals surface area contributed by atoms with E-state index in [2.05, 4.69) is 0 Å². The van der Waals surface area contributed by atoms with Gasteiger partial charge in [-0.05, 0) is 31.7 Å². The van der Waals surface area contributed by atoms with Crippen LogP contribution in [-0.4, -0.2) is 46.8 Å². The summed E-state index contributed by atoms with van der Waals surface area (Å²) < 4.78 is 0. The van der Waals surface area contributed by atoms with Crippen molar-refractivity contribution in [2.24, 2.45) is 5.73 Å². The van der Waals surface area contributed by atoms with E-state index in [-0.39, 0.29) is 36.3 Å². The predicted octanol–water partition coefficient (Wildman–Crippen LogP) is 1.86. The van der Waals surface area contributed by atoms with Gasteiger partial charge in [-0.15, -0.1) is 12.4 Å². The monoisotopic (exact) mass is 351 g/mol. The summed E-state index contributed by atoms with van der Waals surface area (Å²) >= 11 is 0. The van der Waals surface area contributed by atoms with Crippen LogP contribution in [0.1, 0.15) is 36.8 Å². The summed E-state index contributed by atoms with van der Waals surface area (Å²) in [6.45, 7) is 3.98. The molecule has 0 saturated carbocycles. The van der Waals surface area contributed by atoms with Gasteiger partial charge in [-0.25, -0.2) is 0 Å². The number of hydrogen-bond acceptors (Lipinski definition) is 3. The average Bonchev–Trinajstić information content (AvgIpc) is 2.91. The largest absolute Gasteiger partial charge is 0.341 e. The molecule has 0 radical (unpaired) electrons. The fraction of sp³-hybridized carbons (Fsp3) is 0.556. The molecule has 0 aliphatic carbocycles. The van der Waals surface area contributed by atoms with Gasteiger partial charge in [0.2, 0.25) is 11.8 Å². The van der Waals surface area contributed by atoms with E-state index < -0.39 is 0 Å². The van der Waals surface area contributed by atoms with Gasteiger partial charge in [0.1, 0.15) is 6.04 Å². The second-order valence-corrected chi connectivity index (χ2v) is 6.72. The van der Waals surface area contributed by atoms with Crippen LogP contribution in [-0.2, 0) is 16.1 Å². The first kappa shape index (κ1) is 18.7. The summed E-state index contributed by atoms with van der Waals surface area (Å²) in [5, 5.41) is 0. The lowest BCUT2D eigenvalue weighted by atomic mass is 10.0. The molecule has 2 aliphatic rings. The van der Waals surface area contributed by atoms with Crippen molar-refractivity contribution in [2.75, 3.05) is 13.1 Å². The molecule has 3 rings (SSSR count). The second kappa shape index (κ2) is 7.99. The third-order valence-electron chi connectivity index (χ3n) is 4.94. The highest BCUT2D eigenvalue weighted by Gasteiger charge is 2.38. The van der Waals surface area contributed by atoms with Crippen LogP contribution in [0.4, 0.5) is 0 Å². The van der Waals surface area contributed by atoms with E-state index in [1.54, 1.807) is 4.90 Å². The molecule has 1 atom stereocenters. The maximum atomic E-state index is 12.8. The first-order valence-electron chi connectivity index (χ1n) is 8.44. The molecule has 24 heavy (non-hydrogen) atoms. The highest BCUT2D eigenvalue weighted by Crippen LogP contribution is 2.24. The molecule has 2 aliphatic heterocycles. The molecule has 0 aromatic heterocycles. The number of halogens is 1. The van der Waals surface area contributed by atoms with Crippen molar-refractivity contribution in [3.05, 3.63) is 35.4 Å². The van der Waals surface area contributed by atoms with Gasteiger partial charge in [0, 0.05) is 32.1 Å². The number of likely N-dealkylation sites (tertiary alicyclic amines) is 2. The number of nitrogens with two attached hydrogens (primary N) is 1. The van der Waals surface area contributed by atoms with Crippen molar-refractivity contribution in [3.63, 3.8) is 0 Å². The molecule has 132 valence electrons. The van der Waals surface area contributed by atoms with E-state index in [9.17, 15) is 9.59 Å². The standard InChI is InChI=1S/C18H25N3O2.ClH/c1-13-2-4-14(5-3-13)12-21-16(6-7-17(21)22)18(23)20-10-8-15(19)9-11-20;/h2-5,15-16H,6-12,19H2,1H3;1H. The molecule has 2 saturated heterocycles. The Balaban J connectivity index is 0.00000208. The fourth-order valence-electron chi connectivity index (χ4n) is 3.41. The normalized spacial score (nSPS) is 21.8. The van der Waals surface area contributed by atoms with Crippen LogP contribution in [0.3, 0.4) is 0 Å². The lowest BCUT2D eigenvalue weighted by Crippen LogP contribution is -2.50. The Hall–Kier alpha value is -1.59. The zero-order valence-corrected chi connectivity index (χ0v) is 14.9. The number of carbonyl (C=O) groups excluding carboxylic acids is 2. The topological polar surface area (TPSA) is 66.6 Å². The minimum absolute atomic E-state index is 0. The minimum Gasteiger partial charge on any atom is -0.341 e. The molecular formula is C18H26ClN3O2. The van der Waals surface area contributed by atoms with E-state index in [4.69, 9.17) is 5.73 Å². The molecule has 2 amide bonds. The van der Waals surface area contributed by atoms with Crippen molar-refractivity contribution in [1.82, 2.24) is 9.80 Å². The van der Waals surface area contributed by atoms with Crippen LogP contribution in [0.15, 0.2) is 24.3 Å². The van der Waals surface area contributed by atoms with Crippen molar-refractivity contribution in [3.8, 4) is 0 Å². The molecular weight excluding hydrogens is 326 g/mol. The first-order valence-corrected chi connectivity index (χ1v) is 8.44. The third kappa shape index (κ3) is 4.08. The Labute approximate surface area is 149 Å². The van der Waals surface area contributed by atoms with Gasteiger partial charge in [-0.3, -0.25) is 9.59 Å². The molecule has 1 aromatic rings. The van der Waals surface area contributed by atoms with Crippen molar-refractivity contribution < 1.29 is 9.59 Å². The van der Waals surface area contributed by atoms with E-state index in [1.807, 2.05) is 36.1 Å². The van der Waals surface area contributed by atoms with Crippen LogP contribution in [0.2, 0.25) is 0 Å². The number of aryl methyl sites for hydroxylation is 1. The van der Waals surface area contributed by atoms with Gasteiger partial charge in [0.15, 0.2) is 0 Å². The van der Waals surface area contributed by atoms with E-state index >= 15 is 0 Å². The van der Waals surface area contributed by atoms with Gasteiger partial charge in [0.05, 0.1) is 0 Å². The summed E-state index contributed by atoms with van der Waals surface area (Å²) in [5.74, 6) is 0.174. The van der Waals surface area contributed by atoms with Crippen molar-refractivity contribution >= 4 is 24.2 Å². The third-order valence-corrected chi connectivity index (χ3v) is 4.94. The van der Waals surface area contributed by atoms with Gasteiger partial charge >= 0.3 is 0 Å². The zero-order chi connectivity index (χ0) is 16.4. The van der Waals surface area contributed by atoms with Crippen LogP contribution in [0, 0.1) is 6.92 Å². The van der Waals surface area contributed by atoms with Gasteiger partial charge in [-0.2, -0.15) is 0 Å². The molecule has 0 bridgehead atoms. The minimum atomic E-state index is -0.307. The van der Waals surface area contributed by atoms with Gasteiger partial charge in [-0.1, -0.05) is 29.8 Å². The van der Waals surface area contributed by atoms with Crippen LogP contribution < -0.4 is 5.73 Å². The molecule has 1 unspecified atom stereocenters. The van der Waals surface area contributed by atoms with Gasteiger partial charge < -0.3 is 15.5 Å². The molecule has 1 aromatic carbocycles. The molecule has 0 spiro atoms. The Kier molecular flexibility index (Phi) is 6.24. The quantitative estimate of drug-likeness (QED) is 0.903. The van der Waals surface area contributed by atoms with E-state index in [0.717, 1.165) is 18.4 Å². The molecule has 2 N–H and O–H groups in total. The summed E-state index contributed by atoms with van der Waals surface area (Å²) in [6, 6.07) is 8.04. The Morgan fingerprint density at radius 3 is 2.42 bits per heavy atom. The number of carbonyl (C=O) groups is 2. The smallest absolute Gasteiger partial charge is 0.245 e. The van der Waals surface area contributed by atoms with Crippen LogP contribution in [0.25, 0.3) is 0 Å². The molecule has 2 heterocycles. The van der Waals surface area contributed by atoms with E-state index in [0.29, 0.717) is 32.5 Å². The fourth-order valence-corrected chi connectivity index (χ4v) is 3.41. The second-order valence-electron chi connectivity index (χ2n) is 6.72. The number of rotatable bonds is 3. The Morgan fingerprint density at radius 2 is 1.79 bits per heavy atom. The van der Waals surface area contributed by atoms with Crippen LogP contribution >= 0.6 is 12.4 Å². The lowest BCUT2D eigenvalue weighted by molar-refractivity contribution is -0.142. The zero-order valence-electron chi connectivity index (χ0n) is 14.1. The van der Waals surface area contributed by atoms with Crippen molar-refractivity contribution in [2.45, 2.75) is 51.2 Å². The highest BCUT2D eigenvalue weighted by molar-refractivity contribution is 5.91. The molecule has 5 nitrogen and oxygen atoms in total. The number of nitrogens with zero attached hydrogens (tertiary/aromatic N) is 2. The number of benzene rings is 1. The number of piperidine rings is 1.